The van der Waals surface area contributed by atoms with Gasteiger partial charge in [0.05, 0.1) is 23.2 Å². The standard InChI is InChI=1S/C14H16N4O4S/c1-7-4-5-18(17-7)6-9(19)16-13-10(14(21)22-3)8(2)11(23-13)12(15)20/h4-5H,6H2,1-3H3,(H2,15,20)(H,16,19). The van der Waals surface area contributed by atoms with E-state index in [1.807, 2.05) is 6.92 Å². The zero-order valence-corrected chi connectivity index (χ0v) is 13.7. The van der Waals surface area contributed by atoms with Crippen molar-refractivity contribution in [1.29, 1.82) is 0 Å². The fourth-order valence-corrected chi connectivity index (χ4v) is 3.11. The van der Waals surface area contributed by atoms with Crippen molar-refractivity contribution in [3.8, 4) is 0 Å². The second-order valence-corrected chi connectivity index (χ2v) is 5.84. The lowest BCUT2D eigenvalue weighted by Crippen LogP contribution is -2.20. The van der Waals surface area contributed by atoms with E-state index in [9.17, 15) is 14.4 Å². The molecule has 0 aromatic carbocycles. The SMILES string of the molecule is COC(=O)c1c(NC(=O)Cn2ccc(C)n2)sc(C(N)=O)c1C. The van der Waals surface area contributed by atoms with Gasteiger partial charge in [-0.2, -0.15) is 5.10 Å². The van der Waals surface area contributed by atoms with E-state index in [0.29, 0.717) is 5.56 Å². The van der Waals surface area contributed by atoms with E-state index in [0.717, 1.165) is 17.0 Å². The molecular weight excluding hydrogens is 320 g/mol. The Hall–Kier alpha value is -2.68. The van der Waals surface area contributed by atoms with Gasteiger partial charge < -0.3 is 15.8 Å². The second kappa shape index (κ2) is 6.61. The Balaban J connectivity index is 2.27. The second-order valence-electron chi connectivity index (χ2n) is 4.82. The quantitative estimate of drug-likeness (QED) is 0.793. The van der Waals surface area contributed by atoms with Gasteiger partial charge in [-0.25, -0.2) is 4.79 Å². The van der Waals surface area contributed by atoms with E-state index < -0.39 is 11.9 Å². The Bertz CT molecular complexity index is 778. The lowest BCUT2D eigenvalue weighted by atomic mass is 10.1. The van der Waals surface area contributed by atoms with Crippen LogP contribution in [0.1, 0.15) is 31.3 Å². The molecule has 23 heavy (non-hydrogen) atoms. The van der Waals surface area contributed by atoms with E-state index in [1.54, 1.807) is 19.2 Å². The summed E-state index contributed by atoms with van der Waals surface area (Å²) in [5.41, 5.74) is 6.60. The summed E-state index contributed by atoms with van der Waals surface area (Å²) in [5.74, 6) is -1.69. The molecule has 8 nitrogen and oxygen atoms in total. The number of amides is 2. The molecule has 2 aromatic rings. The number of esters is 1. The molecule has 0 spiro atoms. The van der Waals surface area contributed by atoms with Crippen molar-refractivity contribution in [3.63, 3.8) is 0 Å². The number of hydrogen-bond acceptors (Lipinski definition) is 6. The van der Waals surface area contributed by atoms with Crippen LogP contribution in [0.2, 0.25) is 0 Å². The summed E-state index contributed by atoms with van der Waals surface area (Å²) >= 11 is 0.945. The van der Waals surface area contributed by atoms with Gasteiger partial charge in [0.25, 0.3) is 5.91 Å². The number of methoxy groups -OCH3 is 1. The molecule has 2 aromatic heterocycles. The third-order valence-electron chi connectivity index (χ3n) is 3.09. The van der Waals surface area contributed by atoms with E-state index >= 15 is 0 Å². The Morgan fingerprint density at radius 1 is 1.39 bits per heavy atom. The topological polar surface area (TPSA) is 116 Å². The Kier molecular flexibility index (Phi) is 4.80. The van der Waals surface area contributed by atoms with Crippen molar-refractivity contribution < 1.29 is 19.1 Å². The van der Waals surface area contributed by atoms with Crippen LogP contribution in [0.25, 0.3) is 0 Å². The smallest absolute Gasteiger partial charge is 0.341 e. The number of aromatic nitrogens is 2. The number of nitrogens with one attached hydrogen (secondary N) is 1. The van der Waals surface area contributed by atoms with E-state index in [4.69, 9.17) is 10.5 Å². The van der Waals surface area contributed by atoms with E-state index in [1.165, 1.54) is 11.8 Å². The number of nitrogens with two attached hydrogens (primary N) is 1. The van der Waals surface area contributed by atoms with Crippen LogP contribution < -0.4 is 11.1 Å². The van der Waals surface area contributed by atoms with Gasteiger partial charge in [-0.3, -0.25) is 14.3 Å². The molecule has 0 unspecified atom stereocenters. The maximum atomic E-state index is 12.1. The molecule has 2 amide bonds. The predicted molar refractivity (Wildman–Crippen MR) is 84.5 cm³/mol. The van der Waals surface area contributed by atoms with Gasteiger partial charge in [0, 0.05) is 6.20 Å². The molecule has 3 N–H and O–H groups in total. The first-order valence-corrected chi connectivity index (χ1v) is 7.46. The van der Waals surface area contributed by atoms with Crippen molar-refractivity contribution in [2.75, 3.05) is 12.4 Å². The third-order valence-corrected chi connectivity index (χ3v) is 4.31. The molecular formula is C14H16N4O4S. The maximum Gasteiger partial charge on any atom is 0.341 e. The zero-order valence-electron chi connectivity index (χ0n) is 12.9. The normalized spacial score (nSPS) is 10.4. The summed E-state index contributed by atoms with van der Waals surface area (Å²) in [7, 11) is 1.22. The largest absolute Gasteiger partial charge is 0.465 e. The molecule has 9 heteroatoms. The first-order valence-electron chi connectivity index (χ1n) is 6.65. The minimum atomic E-state index is -0.666. The number of rotatable bonds is 5. The average Bonchev–Trinajstić information content (AvgIpc) is 3.02. The minimum Gasteiger partial charge on any atom is -0.465 e. The molecule has 0 saturated heterocycles. The molecule has 0 fully saturated rings. The number of hydrogen-bond donors (Lipinski definition) is 2. The van der Waals surface area contributed by atoms with Crippen LogP contribution in [0.4, 0.5) is 5.00 Å². The van der Waals surface area contributed by atoms with Crippen LogP contribution in [0.3, 0.4) is 0 Å². The van der Waals surface area contributed by atoms with Crippen LogP contribution >= 0.6 is 11.3 Å². The number of carbonyl (C=O) groups excluding carboxylic acids is 3. The number of nitrogens with zero attached hydrogens (tertiary/aromatic N) is 2. The molecule has 0 aliphatic rings. The van der Waals surface area contributed by atoms with Gasteiger partial charge in [0.15, 0.2) is 0 Å². The van der Waals surface area contributed by atoms with Gasteiger partial charge >= 0.3 is 5.97 Å². The summed E-state index contributed by atoms with van der Waals surface area (Å²) < 4.78 is 6.17. The first kappa shape index (κ1) is 16.7. The highest BCUT2D eigenvalue weighted by Gasteiger charge is 2.25. The number of aryl methyl sites for hydroxylation is 1. The van der Waals surface area contributed by atoms with Gasteiger partial charge in [0.2, 0.25) is 5.91 Å². The van der Waals surface area contributed by atoms with Crippen molar-refractivity contribution in [2.45, 2.75) is 20.4 Å². The minimum absolute atomic E-state index is 0.0166. The monoisotopic (exact) mass is 336 g/mol. The zero-order chi connectivity index (χ0) is 17.1. The number of thiophene rings is 1. The average molecular weight is 336 g/mol. The molecule has 0 radical (unpaired) electrons. The number of anilines is 1. The van der Waals surface area contributed by atoms with Crippen LogP contribution in [0, 0.1) is 13.8 Å². The molecule has 0 bridgehead atoms. The third kappa shape index (κ3) is 3.57. The molecule has 2 rings (SSSR count). The Morgan fingerprint density at radius 3 is 2.61 bits per heavy atom. The summed E-state index contributed by atoms with van der Waals surface area (Å²) in [6, 6.07) is 1.77. The van der Waals surface area contributed by atoms with Gasteiger partial charge in [-0.15, -0.1) is 11.3 Å². The summed E-state index contributed by atoms with van der Waals surface area (Å²) in [5, 5.41) is 6.95. The molecule has 0 aliphatic heterocycles. The van der Waals surface area contributed by atoms with Crippen molar-refractivity contribution in [1.82, 2.24) is 9.78 Å². The van der Waals surface area contributed by atoms with Crippen molar-refractivity contribution in [2.24, 2.45) is 5.73 Å². The molecule has 0 aliphatic carbocycles. The van der Waals surface area contributed by atoms with Crippen molar-refractivity contribution in [3.05, 3.63) is 34.0 Å². The fraction of sp³-hybridized carbons (Fsp3) is 0.286. The Labute approximate surface area is 136 Å². The van der Waals surface area contributed by atoms with Gasteiger partial charge in [-0.1, -0.05) is 0 Å². The number of primary amides is 1. The summed E-state index contributed by atoms with van der Waals surface area (Å²) in [6.07, 6.45) is 1.67. The lowest BCUT2D eigenvalue weighted by molar-refractivity contribution is -0.116. The lowest BCUT2D eigenvalue weighted by Gasteiger charge is -2.06. The van der Waals surface area contributed by atoms with Gasteiger partial charge in [-0.05, 0) is 25.5 Å². The molecule has 0 atom stereocenters. The fourth-order valence-electron chi connectivity index (χ4n) is 2.05. The summed E-state index contributed by atoms with van der Waals surface area (Å²) in [4.78, 5) is 35.6. The highest BCUT2D eigenvalue weighted by molar-refractivity contribution is 7.18. The van der Waals surface area contributed by atoms with Gasteiger partial charge in [0.1, 0.15) is 11.5 Å². The first-order chi connectivity index (χ1) is 10.8. The van der Waals surface area contributed by atoms with Crippen LogP contribution in [0.5, 0.6) is 0 Å². The Morgan fingerprint density at radius 2 is 2.09 bits per heavy atom. The highest BCUT2D eigenvalue weighted by Crippen LogP contribution is 2.33. The number of ether oxygens (including phenoxy) is 1. The summed E-state index contributed by atoms with van der Waals surface area (Å²) in [6.45, 7) is 3.37. The highest BCUT2D eigenvalue weighted by atomic mass is 32.1. The maximum absolute atomic E-state index is 12.1. The molecule has 0 saturated carbocycles. The predicted octanol–water partition coefficient (Wildman–Crippen LogP) is 1.09. The molecule has 122 valence electrons. The van der Waals surface area contributed by atoms with Crippen LogP contribution in [-0.2, 0) is 16.1 Å². The van der Waals surface area contributed by atoms with E-state index in [-0.39, 0.29) is 27.9 Å². The number of carbonyl (C=O) groups is 3. The van der Waals surface area contributed by atoms with Crippen LogP contribution in [-0.4, -0.2) is 34.7 Å². The van der Waals surface area contributed by atoms with Crippen molar-refractivity contribution >= 4 is 34.1 Å². The van der Waals surface area contributed by atoms with Crippen LogP contribution in [0.15, 0.2) is 12.3 Å². The van der Waals surface area contributed by atoms with E-state index in [2.05, 4.69) is 10.4 Å². The molecule has 2 heterocycles.